The number of rotatable bonds is 9. The van der Waals surface area contributed by atoms with E-state index in [1.165, 1.54) is 22.3 Å². The second kappa shape index (κ2) is 10.9. The zero-order valence-corrected chi connectivity index (χ0v) is 18.6. The van der Waals surface area contributed by atoms with Crippen molar-refractivity contribution in [2.45, 2.75) is 80.1 Å². The standard InChI is InChI=1S/C26H36N2/c1-7-9-17-23(27-25-19(3)13-11-14-20(25)4)24(18-10-8-2)28-26-21(5)15-12-16-22(26)6/h11-16H,7-10,17-18H2,1-6H3. The number of aliphatic imine (C=N–C) groups is 2. The van der Waals surface area contributed by atoms with Crippen LogP contribution in [0.2, 0.25) is 0 Å². The third-order valence-electron chi connectivity index (χ3n) is 5.24. The van der Waals surface area contributed by atoms with Crippen molar-refractivity contribution in [1.82, 2.24) is 0 Å². The summed E-state index contributed by atoms with van der Waals surface area (Å²) >= 11 is 0. The maximum atomic E-state index is 5.19. The Bertz CT molecular complexity index is 732. The minimum absolute atomic E-state index is 0.984. The van der Waals surface area contributed by atoms with Crippen LogP contribution < -0.4 is 0 Å². The highest BCUT2D eigenvalue weighted by atomic mass is 14.8. The summed E-state index contributed by atoms with van der Waals surface area (Å²) in [5.41, 5.74) is 9.47. The van der Waals surface area contributed by atoms with E-state index in [9.17, 15) is 0 Å². The third-order valence-corrected chi connectivity index (χ3v) is 5.24. The van der Waals surface area contributed by atoms with Crippen molar-refractivity contribution < 1.29 is 0 Å². The molecule has 0 fully saturated rings. The molecule has 0 saturated heterocycles. The van der Waals surface area contributed by atoms with E-state index < -0.39 is 0 Å². The Labute approximate surface area is 171 Å². The average molecular weight is 377 g/mol. The Hall–Kier alpha value is -2.22. The van der Waals surface area contributed by atoms with Gasteiger partial charge in [0.25, 0.3) is 0 Å². The van der Waals surface area contributed by atoms with E-state index >= 15 is 0 Å². The third kappa shape index (κ3) is 5.89. The number of unbranched alkanes of at least 4 members (excludes halogenated alkanes) is 2. The van der Waals surface area contributed by atoms with Gasteiger partial charge in [-0.25, -0.2) is 0 Å². The summed E-state index contributed by atoms with van der Waals surface area (Å²) in [4.78, 5) is 10.4. The largest absolute Gasteiger partial charge is 0.251 e. The number of benzene rings is 2. The number of aryl methyl sites for hydroxylation is 4. The SMILES string of the molecule is CCCCC(=Nc1c(C)cccc1C)C(CCCC)=Nc1c(C)cccc1C. The summed E-state index contributed by atoms with van der Waals surface area (Å²) in [6.07, 6.45) is 6.57. The molecule has 2 aromatic carbocycles. The first-order valence-corrected chi connectivity index (χ1v) is 10.8. The molecule has 2 rings (SSSR count). The van der Waals surface area contributed by atoms with Crippen LogP contribution in [0.25, 0.3) is 0 Å². The predicted molar refractivity (Wildman–Crippen MR) is 125 cm³/mol. The van der Waals surface area contributed by atoms with Gasteiger partial charge in [0, 0.05) is 0 Å². The Morgan fingerprint density at radius 1 is 0.607 bits per heavy atom. The molecule has 0 radical (unpaired) electrons. The van der Waals surface area contributed by atoms with Crippen LogP contribution in [0.1, 0.15) is 74.6 Å². The van der Waals surface area contributed by atoms with Gasteiger partial charge < -0.3 is 0 Å². The number of para-hydroxylation sites is 2. The van der Waals surface area contributed by atoms with Crippen LogP contribution in [0.3, 0.4) is 0 Å². The molecule has 28 heavy (non-hydrogen) atoms. The molecule has 0 aromatic heterocycles. The van der Waals surface area contributed by atoms with Crippen molar-refractivity contribution in [3.05, 3.63) is 58.7 Å². The van der Waals surface area contributed by atoms with Gasteiger partial charge in [-0.15, -0.1) is 0 Å². The Balaban J connectivity index is 2.60. The lowest BCUT2D eigenvalue weighted by molar-refractivity contribution is 0.824. The molecular weight excluding hydrogens is 340 g/mol. The van der Waals surface area contributed by atoms with Crippen LogP contribution in [-0.2, 0) is 0 Å². The average Bonchev–Trinajstić information content (AvgIpc) is 2.67. The lowest BCUT2D eigenvalue weighted by atomic mass is 10.0. The molecule has 0 bridgehead atoms. The summed E-state index contributed by atoms with van der Waals surface area (Å²) in [6.45, 7) is 13.1. The van der Waals surface area contributed by atoms with E-state index in [0.717, 1.165) is 61.3 Å². The zero-order chi connectivity index (χ0) is 20.5. The topological polar surface area (TPSA) is 24.7 Å². The van der Waals surface area contributed by atoms with Crippen molar-refractivity contribution in [1.29, 1.82) is 0 Å². The quantitative estimate of drug-likeness (QED) is 0.394. The maximum Gasteiger partial charge on any atom is 0.0692 e. The van der Waals surface area contributed by atoms with Gasteiger partial charge in [0.1, 0.15) is 0 Å². The van der Waals surface area contributed by atoms with Crippen LogP contribution in [0, 0.1) is 27.7 Å². The molecule has 0 spiro atoms. The normalized spacial score (nSPS) is 12.5. The van der Waals surface area contributed by atoms with Gasteiger partial charge in [-0.05, 0) is 75.6 Å². The predicted octanol–water partition coefficient (Wildman–Crippen LogP) is 8.15. The fraction of sp³-hybridized carbons (Fsp3) is 0.462. The van der Waals surface area contributed by atoms with E-state index in [4.69, 9.17) is 9.98 Å². The summed E-state index contributed by atoms with van der Waals surface area (Å²) in [7, 11) is 0. The van der Waals surface area contributed by atoms with Gasteiger partial charge >= 0.3 is 0 Å². The number of hydrogen-bond donors (Lipinski definition) is 0. The highest BCUT2D eigenvalue weighted by molar-refractivity contribution is 6.43. The van der Waals surface area contributed by atoms with E-state index in [-0.39, 0.29) is 0 Å². The van der Waals surface area contributed by atoms with Gasteiger partial charge in [-0.3, -0.25) is 9.98 Å². The van der Waals surface area contributed by atoms with E-state index in [0.29, 0.717) is 0 Å². The van der Waals surface area contributed by atoms with Crippen LogP contribution >= 0.6 is 0 Å². The van der Waals surface area contributed by atoms with Crippen molar-refractivity contribution in [2.75, 3.05) is 0 Å². The van der Waals surface area contributed by atoms with Crippen molar-refractivity contribution in [3.63, 3.8) is 0 Å². The second-order valence-electron chi connectivity index (χ2n) is 7.80. The van der Waals surface area contributed by atoms with Gasteiger partial charge in [-0.2, -0.15) is 0 Å². The zero-order valence-electron chi connectivity index (χ0n) is 18.6. The minimum atomic E-state index is 0.984. The fourth-order valence-corrected chi connectivity index (χ4v) is 3.45. The molecule has 0 saturated carbocycles. The molecule has 0 atom stereocenters. The van der Waals surface area contributed by atoms with Crippen LogP contribution in [0.4, 0.5) is 11.4 Å². The van der Waals surface area contributed by atoms with Crippen molar-refractivity contribution in [3.8, 4) is 0 Å². The summed E-state index contributed by atoms with van der Waals surface area (Å²) in [6, 6.07) is 12.8. The Morgan fingerprint density at radius 2 is 0.929 bits per heavy atom. The van der Waals surface area contributed by atoms with Gasteiger partial charge in [-0.1, -0.05) is 63.1 Å². The van der Waals surface area contributed by atoms with E-state index in [1.54, 1.807) is 0 Å². The molecule has 0 N–H and O–H groups in total. The minimum Gasteiger partial charge on any atom is -0.251 e. The molecular formula is C26H36N2. The first-order chi connectivity index (χ1) is 13.5. The first-order valence-electron chi connectivity index (χ1n) is 10.8. The Kier molecular flexibility index (Phi) is 8.63. The van der Waals surface area contributed by atoms with E-state index in [2.05, 4.69) is 77.9 Å². The molecule has 2 aromatic rings. The molecule has 0 aliphatic heterocycles. The molecule has 0 aliphatic carbocycles. The first kappa shape index (κ1) is 22.1. The smallest absolute Gasteiger partial charge is 0.0692 e. The summed E-state index contributed by atoms with van der Waals surface area (Å²) in [5.74, 6) is 0. The highest BCUT2D eigenvalue weighted by Gasteiger charge is 2.13. The highest BCUT2D eigenvalue weighted by Crippen LogP contribution is 2.27. The molecule has 0 heterocycles. The molecule has 0 unspecified atom stereocenters. The van der Waals surface area contributed by atoms with Crippen LogP contribution in [-0.4, -0.2) is 11.4 Å². The molecule has 0 amide bonds. The second-order valence-corrected chi connectivity index (χ2v) is 7.80. The molecule has 2 heteroatoms. The summed E-state index contributed by atoms with van der Waals surface area (Å²) in [5, 5.41) is 0. The van der Waals surface area contributed by atoms with Crippen molar-refractivity contribution in [2.24, 2.45) is 9.98 Å². The number of hydrogen-bond acceptors (Lipinski definition) is 2. The van der Waals surface area contributed by atoms with Crippen molar-refractivity contribution >= 4 is 22.8 Å². The fourth-order valence-electron chi connectivity index (χ4n) is 3.45. The van der Waals surface area contributed by atoms with Gasteiger partial charge in [0.2, 0.25) is 0 Å². The molecule has 0 aliphatic rings. The maximum absolute atomic E-state index is 5.19. The summed E-state index contributed by atoms with van der Waals surface area (Å²) < 4.78 is 0. The Morgan fingerprint density at radius 3 is 1.21 bits per heavy atom. The van der Waals surface area contributed by atoms with Gasteiger partial charge in [0.15, 0.2) is 0 Å². The van der Waals surface area contributed by atoms with Crippen LogP contribution in [0.15, 0.2) is 46.4 Å². The molecule has 2 nitrogen and oxygen atoms in total. The lowest BCUT2D eigenvalue weighted by Gasteiger charge is -2.14. The monoisotopic (exact) mass is 376 g/mol. The number of nitrogens with zero attached hydrogens (tertiary/aromatic N) is 2. The van der Waals surface area contributed by atoms with Gasteiger partial charge in [0.05, 0.1) is 22.8 Å². The molecule has 150 valence electrons. The lowest BCUT2D eigenvalue weighted by Crippen LogP contribution is -2.15. The van der Waals surface area contributed by atoms with E-state index in [1.807, 2.05) is 0 Å². The van der Waals surface area contributed by atoms with Crippen LogP contribution in [0.5, 0.6) is 0 Å².